The van der Waals surface area contributed by atoms with E-state index in [-0.39, 0.29) is 6.10 Å². The SMILES string of the molecule is N#Cc1ccc(-c2ccccc2-c2ccccc2-c2ccc3c(c2)OC2CC=CC=C2C32c3ccccc3-c3ccccc32)cc1. The van der Waals surface area contributed by atoms with E-state index >= 15 is 0 Å². The van der Waals surface area contributed by atoms with Crippen LogP contribution in [0.3, 0.4) is 0 Å². The third kappa shape index (κ3) is 3.76. The van der Waals surface area contributed by atoms with Gasteiger partial charge in [0, 0.05) is 12.0 Å². The first-order chi connectivity index (χ1) is 22.8. The summed E-state index contributed by atoms with van der Waals surface area (Å²) in [6.07, 6.45) is 7.51. The molecular formula is C44H29NO. The zero-order chi connectivity index (χ0) is 30.7. The maximum Gasteiger partial charge on any atom is 0.125 e. The topological polar surface area (TPSA) is 33.0 Å². The summed E-state index contributed by atoms with van der Waals surface area (Å²) in [7, 11) is 0. The summed E-state index contributed by atoms with van der Waals surface area (Å²) < 4.78 is 6.93. The molecule has 1 heterocycles. The molecule has 0 N–H and O–H groups in total. The Morgan fingerprint density at radius 3 is 1.74 bits per heavy atom. The molecule has 2 aliphatic carbocycles. The van der Waals surface area contributed by atoms with E-state index < -0.39 is 5.41 Å². The molecule has 2 heteroatoms. The van der Waals surface area contributed by atoms with Crippen molar-refractivity contribution in [1.82, 2.24) is 0 Å². The van der Waals surface area contributed by atoms with Crippen LogP contribution in [0.5, 0.6) is 5.75 Å². The van der Waals surface area contributed by atoms with Crippen LogP contribution in [0.4, 0.5) is 0 Å². The van der Waals surface area contributed by atoms with Crippen LogP contribution in [0, 0.1) is 11.3 Å². The van der Waals surface area contributed by atoms with Crippen LogP contribution in [0.1, 0.15) is 28.7 Å². The van der Waals surface area contributed by atoms with Gasteiger partial charge in [-0.2, -0.15) is 5.26 Å². The van der Waals surface area contributed by atoms with Crippen LogP contribution in [-0.2, 0) is 5.41 Å². The summed E-state index contributed by atoms with van der Waals surface area (Å²) in [5.41, 5.74) is 14.8. The van der Waals surface area contributed by atoms with E-state index in [1.165, 1.54) is 33.4 Å². The van der Waals surface area contributed by atoms with Gasteiger partial charge in [-0.05, 0) is 79.4 Å². The van der Waals surface area contributed by atoms with E-state index in [1.807, 2.05) is 24.3 Å². The van der Waals surface area contributed by atoms with Crippen molar-refractivity contribution >= 4 is 0 Å². The minimum Gasteiger partial charge on any atom is -0.485 e. The molecule has 9 rings (SSSR count). The molecule has 1 aliphatic heterocycles. The summed E-state index contributed by atoms with van der Waals surface area (Å²) in [5.74, 6) is 0.941. The zero-order valence-corrected chi connectivity index (χ0v) is 25.2. The van der Waals surface area contributed by atoms with Gasteiger partial charge in [0.1, 0.15) is 11.9 Å². The molecule has 0 saturated heterocycles. The van der Waals surface area contributed by atoms with E-state index in [1.54, 1.807) is 0 Å². The minimum absolute atomic E-state index is 0.0423. The molecule has 0 fully saturated rings. The minimum atomic E-state index is -0.406. The normalized spacial score (nSPS) is 16.3. The van der Waals surface area contributed by atoms with Gasteiger partial charge in [-0.1, -0.05) is 140 Å². The second-order valence-corrected chi connectivity index (χ2v) is 12.2. The highest BCUT2D eigenvalue weighted by molar-refractivity contribution is 5.93. The highest BCUT2D eigenvalue weighted by Gasteiger charge is 2.53. The lowest BCUT2D eigenvalue weighted by Gasteiger charge is -2.45. The molecule has 0 amide bonds. The number of nitriles is 1. The average molecular weight is 588 g/mol. The largest absolute Gasteiger partial charge is 0.485 e. The molecule has 0 saturated carbocycles. The Morgan fingerprint density at radius 1 is 0.565 bits per heavy atom. The Morgan fingerprint density at radius 2 is 1.11 bits per heavy atom. The molecule has 0 aromatic heterocycles. The number of nitrogens with zero attached hydrogens (tertiary/aromatic N) is 1. The van der Waals surface area contributed by atoms with Crippen LogP contribution in [0.15, 0.2) is 163 Å². The summed E-state index contributed by atoms with van der Waals surface area (Å²) in [4.78, 5) is 0. The second kappa shape index (κ2) is 10.3. The van der Waals surface area contributed by atoms with Gasteiger partial charge in [0.05, 0.1) is 17.0 Å². The van der Waals surface area contributed by atoms with Crippen molar-refractivity contribution in [1.29, 1.82) is 5.26 Å². The maximum atomic E-state index is 9.34. The fraction of sp³-hybridized carbons (Fsp3) is 0.0682. The highest BCUT2D eigenvalue weighted by atomic mass is 16.5. The number of fused-ring (bicyclic) bond motifs is 9. The lowest BCUT2D eigenvalue weighted by Crippen LogP contribution is -2.42. The first-order valence-electron chi connectivity index (χ1n) is 15.8. The molecule has 216 valence electrons. The maximum absolute atomic E-state index is 9.34. The van der Waals surface area contributed by atoms with Crippen molar-refractivity contribution in [3.05, 3.63) is 186 Å². The van der Waals surface area contributed by atoms with Crippen LogP contribution in [0.2, 0.25) is 0 Å². The van der Waals surface area contributed by atoms with E-state index in [0.717, 1.165) is 45.6 Å². The van der Waals surface area contributed by atoms with Crippen molar-refractivity contribution < 1.29 is 4.74 Å². The third-order valence-corrected chi connectivity index (χ3v) is 9.93. The number of benzene rings is 6. The quantitative estimate of drug-likeness (QED) is 0.206. The molecule has 46 heavy (non-hydrogen) atoms. The zero-order valence-electron chi connectivity index (χ0n) is 25.2. The fourth-order valence-corrected chi connectivity index (χ4v) is 7.99. The van der Waals surface area contributed by atoms with Gasteiger partial charge >= 0.3 is 0 Å². The van der Waals surface area contributed by atoms with Gasteiger partial charge in [0.15, 0.2) is 0 Å². The Labute approximate surface area is 269 Å². The number of hydrogen-bond acceptors (Lipinski definition) is 2. The average Bonchev–Trinajstić information content (AvgIpc) is 3.42. The molecule has 1 unspecified atom stereocenters. The van der Waals surface area contributed by atoms with Gasteiger partial charge < -0.3 is 4.74 Å². The second-order valence-electron chi connectivity index (χ2n) is 12.2. The van der Waals surface area contributed by atoms with Crippen molar-refractivity contribution in [3.63, 3.8) is 0 Å². The Kier molecular flexibility index (Phi) is 5.95. The summed E-state index contributed by atoms with van der Waals surface area (Å²) in [5, 5.41) is 9.34. The van der Waals surface area contributed by atoms with Crippen molar-refractivity contribution in [3.8, 4) is 56.3 Å². The van der Waals surface area contributed by atoms with Gasteiger partial charge in [-0.3, -0.25) is 0 Å². The predicted octanol–water partition coefficient (Wildman–Crippen LogP) is 10.5. The molecule has 2 nitrogen and oxygen atoms in total. The van der Waals surface area contributed by atoms with E-state index in [4.69, 9.17) is 4.74 Å². The molecule has 6 aromatic carbocycles. The monoisotopic (exact) mass is 587 g/mol. The molecular weight excluding hydrogens is 558 g/mol. The molecule has 1 atom stereocenters. The van der Waals surface area contributed by atoms with Gasteiger partial charge in [-0.15, -0.1) is 0 Å². The van der Waals surface area contributed by atoms with Gasteiger partial charge in [0.25, 0.3) is 0 Å². The first-order valence-corrected chi connectivity index (χ1v) is 15.8. The molecule has 3 aliphatic rings. The van der Waals surface area contributed by atoms with Crippen molar-refractivity contribution in [2.24, 2.45) is 0 Å². The molecule has 1 spiro atoms. The Balaban J connectivity index is 1.24. The summed E-state index contributed by atoms with van der Waals surface area (Å²) in [6, 6.07) is 51.9. The Bertz CT molecular complexity index is 2240. The standard InChI is InChI=1S/C44H29NO/c45-28-29-21-23-30(24-22-29)32-11-1-3-13-34(32)35-14-4-2-12-33(35)31-25-26-41-43(27-31)46-42-20-10-9-19-40(42)44(41)38-17-7-5-15-36(38)37-16-6-8-18-39(37)44/h1-19,21-27,42H,20H2. The summed E-state index contributed by atoms with van der Waals surface area (Å²) >= 11 is 0. The van der Waals surface area contributed by atoms with Crippen molar-refractivity contribution in [2.75, 3.05) is 0 Å². The van der Waals surface area contributed by atoms with Crippen LogP contribution in [-0.4, -0.2) is 6.10 Å². The lowest BCUT2D eigenvalue weighted by molar-refractivity contribution is 0.205. The number of rotatable bonds is 3. The van der Waals surface area contributed by atoms with Gasteiger partial charge in [0.2, 0.25) is 0 Å². The molecule has 0 bridgehead atoms. The third-order valence-electron chi connectivity index (χ3n) is 9.93. The molecule has 6 aromatic rings. The van der Waals surface area contributed by atoms with E-state index in [0.29, 0.717) is 5.56 Å². The number of allylic oxidation sites excluding steroid dienone is 2. The predicted molar refractivity (Wildman–Crippen MR) is 185 cm³/mol. The highest BCUT2D eigenvalue weighted by Crippen LogP contribution is 2.61. The lowest BCUT2D eigenvalue weighted by atomic mass is 9.63. The van der Waals surface area contributed by atoms with Gasteiger partial charge in [-0.25, -0.2) is 0 Å². The number of ether oxygens (including phenoxy) is 1. The molecule has 0 radical (unpaired) electrons. The van der Waals surface area contributed by atoms with Crippen LogP contribution >= 0.6 is 0 Å². The van der Waals surface area contributed by atoms with Crippen LogP contribution < -0.4 is 4.74 Å². The Hall–Kier alpha value is -5.91. The van der Waals surface area contributed by atoms with E-state index in [9.17, 15) is 5.26 Å². The first kappa shape index (κ1) is 26.5. The summed E-state index contributed by atoms with van der Waals surface area (Å²) in [6.45, 7) is 0. The van der Waals surface area contributed by atoms with Crippen LogP contribution in [0.25, 0.3) is 44.5 Å². The van der Waals surface area contributed by atoms with E-state index in [2.05, 4.69) is 140 Å². The number of hydrogen-bond donors (Lipinski definition) is 0. The van der Waals surface area contributed by atoms with Crippen molar-refractivity contribution in [2.45, 2.75) is 17.9 Å². The smallest absolute Gasteiger partial charge is 0.125 e. The fourth-order valence-electron chi connectivity index (χ4n) is 7.99.